The molecule has 3 unspecified atom stereocenters. The third-order valence-electron chi connectivity index (χ3n) is 4.11. The van der Waals surface area contributed by atoms with Gasteiger partial charge in [0, 0.05) is 25.1 Å². The number of rotatable bonds is 6. The van der Waals surface area contributed by atoms with Gasteiger partial charge in [0.05, 0.1) is 6.61 Å². The lowest BCUT2D eigenvalue weighted by Crippen LogP contribution is -2.28. The molecule has 1 amide bonds. The summed E-state index contributed by atoms with van der Waals surface area (Å²) in [5.41, 5.74) is 1.26. The van der Waals surface area contributed by atoms with Crippen LogP contribution in [0.15, 0.2) is 11.6 Å². The Morgan fingerprint density at radius 1 is 1.50 bits per heavy atom. The van der Waals surface area contributed by atoms with Crippen LogP contribution in [0.2, 0.25) is 0 Å². The molecule has 1 aliphatic carbocycles. The maximum absolute atomic E-state index is 11.8. The molecule has 18 heavy (non-hydrogen) atoms. The van der Waals surface area contributed by atoms with Crippen molar-refractivity contribution in [3.05, 3.63) is 11.6 Å². The second kappa shape index (κ2) is 6.37. The summed E-state index contributed by atoms with van der Waals surface area (Å²) in [6, 6.07) is 0. The molecule has 0 aromatic heterocycles. The van der Waals surface area contributed by atoms with Crippen molar-refractivity contribution in [2.75, 3.05) is 19.8 Å². The third-order valence-corrected chi connectivity index (χ3v) is 4.11. The minimum Gasteiger partial charge on any atom is -0.381 e. The topological polar surface area (TPSA) is 38.3 Å². The first-order chi connectivity index (χ1) is 8.70. The van der Waals surface area contributed by atoms with Crippen molar-refractivity contribution in [1.82, 2.24) is 5.32 Å². The molecule has 0 bridgehead atoms. The zero-order valence-corrected chi connectivity index (χ0v) is 11.6. The lowest BCUT2D eigenvalue weighted by molar-refractivity contribution is -0.116. The fourth-order valence-electron chi connectivity index (χ4n) is 2.85. The van der Waals surface area contributed by atoms with E-state index in [9.17, 15) is 4.79 Å². The Bertz CT molecular complexity index is 318. The van der Waals surface area contributed by atoms with Crippen molar-refractivity contribution >= 4 is 5.91 Å². The molecule has 1 aliphatic heterocycles. The van der Waals surface area contributed by atoms with Crippen molar-refractivity contribution in [1.29, 1.82) is 0 Å². The van der Waals surface area contributed by atoms with Gasteiger partial charge in [-0.2, -0.15) is 0 Å². The SMILES string of the molecule is CCCC1CC1C(C)=CC(=O)NCC1CCOC1. The van der Waals surface area contributed by atoms with E-state index >= 15 is 0 Å². The van der Waals surface area contributed by atoms with Crippen molar-refractivity contribution in [2.24, 2.45) is 17.8 Å². The first-order valence-electron chi connectivity index (χ1n) is 7.24. The van der Waals surface area contributed by atoms with E-state index in [-0.39, 0.29) is 5.91 Å². The number of carbonyl (C=O) groups is 1. The van der Waals surface area contributed by atoms with Crippen LogP contribution in [0, 0.1) is 17.8 Å². The lowest BCUT2D eigenvalue weighted by Gasteiger charge is -2.08. The highest BCUT2D eigenvalue weighted by molar-refractivity contribution is 5.88. The number of hydrogen-bond donors (Lipinski definition) is 1. The number of carbonyl (C=O) groups excluding carboxylic acids is 1. The van der Waals surface area contributed by atoms with Crippen molar-refractivity contribution in [2.45, 2.75) is 39.5 Å². The molecule has 0 radical (unpaired) electrons. The van der Waals surface area contributed by atoms with Crippen LogP contribution in [-0.4, -0.2) is 25.7 Å². The lowest BCUT2D eigenvalue weighted by atomic mass is 10.1. The van der Waals surface area contributed by atoms with Crippen LogP contribution < -0.4 is 5.32 Å². The summed E-state index contributed by atoms with van der Waals surface area (Å²) < 4.78 is 5.29. The molecule has 102 valence electrons. The highest BCUT2D eigenvalue weighted by atomic mass is 16.5. The van der Waals surface area contributed by atoms with Gasteiger partial charge in [0.1, 0.15) is 0 Å². The summed E-state index contributed by atoms with van der Waals surface area (Å²) in [6.45, 7) is 6.72. The van der Waals surface area contributed by atoms with Crippen molar-refractivity contribution < 1.29 is 9.53 Å². The van der Waals surface area contributed by atoms with Crippen molar-refractivity contribution in [3.8, 4) is 0 Å². The molecule has 3 atom stereocenters. The minimum atomic E-state index is 0.0709. The summed E-state index contributed by atoms with van der Waals surface area (Å²) in [6.07, 6.45) is 6.71. The van der Waals surface area contributed by atoms with Gasteiger partial charge >= 0.3 is 0 Å². The van der Waals surface area contributed by atoms with Crippen LogP contribution in [0.25, 0.3) is 0 Å². The first-order valence-corrected chi connectivity index (χ1v) is 7.24. The monoisotopic (exact) mass is 251 g/mol. The molecule has 0 aromatic carbocycles. The standard InChI is InChI=1S/C15H25NO2/c1-3-4-13-8-14(13)11(2)7-15(17)16-9-12-5-6-18-10-12/h7,12-14H,3-6,8-10H2,1-2H3,(H,16,17). The van der Waals surface area contributed by atoms with E-state index in [2.05, 4.69) is 19.2 Å². The van der Waals surface area contributed by atoms with E-state index < -0.39 is 0 Å². The van der Waals surface area contributed by atoms with Crippen molar-refractivity contribution in [3.63, 3.8) is 0 Å². The average molecular weight is 251 g/mol. The average Bonchev–Trinajstić information content (AvgIpc) is 2.91. The normalized spacial score (nSPS) is 31.4. The van der Waals surface area contributed by atoms with Gasteiger partial charge < -0.3 is 10.1 Å². The van der Waals surface area contributed by atoms with Crippen LogP contribution in [0.5, 0.6) is 0 Å². The Balaban J connectivity index is 1.69. The molecule has 1 N–H and O–H groups in total. The fourth-order valence-corrected chi connectivity index (χ4v) is 2.85. The van der Waals surface area contributed by atoms with Gasteiger partial charge in [-0.25, -0.2) is 0 Å². The molecule has 3 nitrogen and oxygen atoms in total. The quantitative estimate of drug-likeness (QED) is 0.737. The van der Waals surface area contributed by atoms with Gasteiger partial charge in [-0.05, 0) is 31.6 Å². The predicted octanol–water partition coefficient (Wildman–Crippen LogP) is 2.52. The van der Waals surface area contributed by atoms with Crippen LogP contribution in [0.1, 0.15) is 39.5 Å². The molecule has 0 aromatic rings. The fraction of sp³-hybridized carbons (Fsp3) is 0.800. The van der Waals surface area contributed by atoms with E-state index in [1.807, 2.05) is 0 Å². The molecule has 2 aliphatic rings. The second-order valence-electron chi connectivity index (χ2n) is 5.75. The third kappa shape index (κ3) is 3.84. The number of amides is 1. The molecule has 1 heterocycles. The van der Waals surface area contributed by atoms with Gasteiger partial charge in [-0.15, -0.1) is 0 Å². The van der Waals surface area contributed by atoms with Gasteiger partial charge in [-0.3, -0.25) is 4.79 Å². The Morgan fingerprint density at radius 3 is 3.00 bits per heavy atom. The maximum atomic E-state index is 11.8. The second-order valence-corrected chi connectivity index (χ2v) is 5.75. The van der Waals surface area contributed by atoms with E-state index in [0.717, 1.165) is 32.1 Å². The molecule has 1 saturated carbocycles. The molecule has 0 spiro atoms. The highest BCUT2D eigenvalue weighted by Gasteiger charge is 2.37. The zero-order valence-electron chi connectivity index (χ0n) is 11.6. The Labute approximate surface area is 110 Å². The first kappa shape index (κ1) is 13.6. The molecule has 1 saturated heterocycles. The number of nitrogens with one attached hydrogen (secondary N) is 1. The number of allylic oxidation sites excluding steroid dienone is 1. The summed E-state index contributed by atoms with van der Waals surface area (Å²) >= 11 is 0. The summed E-state index contributed by atoms with van der Waals surface area (Å²) in [5, 5.41) is 2.99. The van der Waals surface area contributed by atoms with Crippen LogP contribution in [0.3, 0.4) is 0 Å². The smallest absolute Gasteiger partial charge is 0.243 e. The Kier molecular flexibility index (Phi) is 4.81. The molecular formula is C15H25NO2. The zero-order chi connectivity index (χ0) is 13.0. The predicted molar refractivity (Wildman–Crippen MR) is 72.2 cm³/mol. The maximum Gasteiger partial charge on any atom is 0.243 e. The number of hydrogen-bond acceptors (Lipinski definition) is 2. The van der Waals surface area contributed by atoms with E-state index in [0.29, 0.717) is 11.8 Å². The molecule has 2 rings (SSSR count). The summed E-state index contributed by atoms with van der Waals surface area (Å²) in [7, 11) is 0. The van der Waals surface area contributed by atoms with E-state index in [4.69, 9.17) is 4.74 Å². The van der Waals surface area contributed by atoms with E-state index in [1.165, 1.54) is 24.8 Å². The molecule has 3 heteroatoms. The molecule has 2 fully saturated rings. The number of ether oxygens (including phenoxy) is 1. The largest absolute Gasteiger partial charge is 0.381 e. The summed E-state index contributed by atoms with van der Waals surface area (Å²) in [5.74, 6) is 2.09. The van der Waals surface area contributed by atoms with Crippen LogP contribution in [-0.2, 0) is 9.53 Å². The van der Waals surface area contributed by atoms with Gasteiger partial charge in [-0.1, -0.05) is 25.3 Å². The van der Waals surface area contributed by atoms with E-state index in [1.54, 1.807) is 6.08 Å². The van der Waals surface area contributed by atoms with Gasteiger partial charge in [0.15, 0.2) is 0 Å². The minimum absolute atomic E-state index is 0.0709. The van der Waals surface area contributed by atoms with Gasteiger partial charge in [0.25, 0.3) is 0 Å². The highest BCUT2D eigenvalue weighted by Crippen LogP contribution is 2.46. The Morgan fingerprint density at radius 2 is 2.33 bits per heavy atom. The summed E-state index contributed by atoms with van der Waals surface area (Å²) in [4.78, 5) is 11.8. The molecular weight excluding hydrogens is 226 g/mol. The Hall–Kier alpha value is -0.830. The van der Waals surface area contributed by atoms with Crippen LogP contribution in [0.4, 0.5) is 0 Å². The van der Waals surface area contributed by atoms with Gasteiger partial charge in [0.2, 0.25) is 5.91 Å². The van der Waals surface area contributed by atoms with Crippen LogP contribution >= 0.6 is 0 Å².